The zero-order valence-corrected chi connectivity index (χ0v) is 9.75. The highest BCUT2D eigenvalue weighted by Gasteiger charge is 2.04. The van der Waals surface area contributed by atoms with Gasteiger partial charge in [-0.3, -0.25) is 0 Å². The molecule has 16 heavy (non-hydrogen) atoms. The van der Waals surface area contributed by atoms with Gasteiger partial charge in [-0.2, -0.15) is 0 Å². The number of benzene rings is 1. The van der Waals surface area contributed by atoms with Gasteiger partial charge in [0.1, 0.15) is 0 Å². The lowest BCUT2D eigenvalue weighted by atomic mass is 10.2. The van der Waals surface area contributed by atoms with Gasteiger partial charge in [0.15, 0.2) is 11.5 Å². The molecular formula is C13H17NO2. The quantitative estimate of drug-likeness (QED) is 0.584. The van der Waals surface area contributed by atoms with Crippen LogP contribution in [0.4, 0.5) is 0 Å². The first kappa shape index (κ1) is 12.4. The van der Waals surface area contributed by atoms with Crippen LogP contribution in [0.25, 0.3) is 0 Å². The van der Waals surface area contributed by atoms with Crippen LogP contribution in [0.5, 0.6) is 11.5 Å². The van der Waals surface area contributed by atoms with Crippen molar-refractivity contribution in [2.24, 2.45) is 0 Å². The van der Waals surface area contributed by atoms with Crippen LogP contribution in [0.2, 0.25) is 0 Å². The van der Waals surface area contributed by atoms with Crippen LogP contribution in [0.1, 0.15) is 12.0 Å². The second-order valence-corrected chi connectivity index (χ2v) is 3.32. The Hall–Kier alpha value is -1.66. The van der Waals surface area contributed by atoms with Gasteiger partial charge < -0.3 is 14.8 Å². The third-order valence-electron chi connectivity index (χ3n) is 2.11. The molecule has 86 valence electrons. The summed E-state index contributed by atoms with van der Waals surface area (Å²) in [6.07, 6.45) is 5.77. The summed E-state index contributed by atoms with van der Waals surface area (Å²) in [6, 6.07) is 5.87. The molecule has 0 atom stereocenters. The van der Waals surface area contributed by atoms with E-state index < -0.39 is 0 Å². The third-order valence-corrected chi connectivity index (χ3v) is 2.11. The first-order valence-corrected chi connectivity index (χ1v) is 5.19. The highest BCUT2D eigenvalue weighted by atomic mass is 16.5. The molecule has 1 rings (SSSR count). The van der Waals surface area contributed by atoms with Crippen molar-refractivity contribution < 1.29 is 9.47 Å². The minimum Gasteiger partial charge on any atom is -0.493 e. The van der Waals surface area contributed by atoms with Crippen LogP contribution in [0, 0.1) is 12.3 Å². The summed E-state index contributed by atoms with van der Waals surface area (Å²) in [5, 5.41) is 3.09. The Morgan fingerprint density at radius 1 is 1.38 bits per heavy atom. The summed E-state index contributed by atoms with van der Waals surface area (Å²) in [6.45, 7) is 1.31. The predicted octanol–water partition coefficient (Wildman–Crippen LogP) is 1.82. The van der Waals surface area contributed by atoms with Crippen LogP contribution < -0.4 is 14.8 Å². The fourth-order valence-corrected chi connectivity index (χ4v) is 1.37. The van der Waals surface area contributed by atoms with E-state index in [9.17, 15) is 0 Å². The van der Waals surface area contributed by atoms with E-state index in [0.717, 1.165) is 23.6 Å². The molecule has 1 aromatic carbocycles. The van der Waals surface area contributed by atoms with E-state index >= 15 is 0 Å². The molecular weight excluding hydrogens is 202 g/mol. The topological polar surface area (TPSA) is 30.5 Å². The zero-order valence-electron chi connectivity index (χ0n) is 9.75. The van der Waals surface area contributed by atoms with E-state index in [1.54, 1.807) is 7.11 Å². The normalized spacial score (nSPS) is 9.56. The van der Waals surface area contributed by atoms with E-state index in [0.29, 0.717) is 13.0 Å². The number of terminal acetylenes is 1. The van der Waals surface area contributed by atoms with E-state index in [1.165, 1.54) is 0 Å². The smallest absolute Gasteiger partial charge is 0.161 e. The minimum atomic E-state index is 0.510. The molecule has 0 aliphatic heterocycles. The maximum atomic E-state index is 5.56. The summed E-state index contributed by atoms with van der Waals surface area (Å²) in [5.41, 5.74) is 1.15. The second kappa shape index (κ2) is 6.76. The van der Waals surface area contributed by atoms with Gasteiger partial charge >= 0.3 is 0 Å². The molecule has 1 aromatic rings. The molecule has 0 heterocycles. The van der Waals surface area contributed by atoms with Crippen LogP contribution in [0.15, 0.2) is 18.2 Å². The first-order valence-electron chi connectivity index (χ1n) is 5.19. The number of hydrogen-bond acceptors (Lipinski definition) is 3. The predicted molar refractivity (Wildman–Crippen MR) is 64.7 cm³/mol. The molecule has 0 bridgehead atoms. The molecule has 0 aromatic heterocycles. The number of hydrogen-bond donors (Lipinski definition) is 1. The Labute approximate surface area is 96.8 Å². The van der Waals surface area contributed by atoms with Crippen molar-refractivity contribution in [1.82, 2.24) is 5.32 Å². The van der Waals surface area contributed by atoms with Crippen molar-refractivity contribution in [2.75, 3.05) is 20.8 Å². The van der Waals surface area contributed by atoms with Gasteiger partial charge in [-0.15, -0.1) is 12.3 Å². The molecule has 0 saturated heterocycles. The van der Waals surface area contributed by atoms with Crippen molar-refractivity contribution in [3.8, 4) is 23.8 Å². The van der Waals surface area contributed by atoms with Gasteiger partial charge in [0.2, 0.25) is 0 Å². The highest BCUT2D eigenvalue weighted by molar-refractivity contribution is 5.42. The lowest BCUT2D eigenvalue weighted by molar-refractivity contribution is 0.301. The SMILES string of the molecule is C#CCCOc1cc(CNC)ccc1OC. The molecule has 3 nitrogen and oxygen atoms in total. The largest absolute Gasteiger partial charge is 0.493 e. The summed E-state index contributed by atoms with van der Waals surface area (Å²) in [4.78, 5) is 0. The van der Waals surface area contributed by atoms with Crippen LogP contribution >= 0.6 is 0 Å². The maximum absolute atomic E-state index is 5.56. The molecule has 0 amide bonds. The summed E-state index contributed by atoms with van der Waals surface area (Å²) in [5.74, 6) is 4.01. The average molecular weight is 219 g/mol. The van der Waals surface area contributed by atoms with Crippen LogP contribution in [-0.2, 0) is 6.54 Å². The monoisotopic (exact) mass is 219 g/mol. The summed E-state index contributed by atoms with van der Waals surface area (Å²) < 4.78 is 10.8. The molecule has 0 aliphatic rings. The lowest BCUT2D eigenvalue weighted by Gasteiger charge is -2.11. The molecule has 0 spiro atoms. The third kappa shape index (κ3) is 3.48. The number of rotatable bonds is 6. The van der Waals surface area contributed by atoms with Crippen molar-refractivity contribution in [1.29, 1.82) is 0 Å². The maximum Gasteiger partial charge on any atom is 0.161 e. The fraction of sp³-hybridized carbons (Fsp3) is 0.385. The first-order chi connectivity index (χ1) is 7.81. The van der Waals surface area contributed by atoms with Crippen molar-refractivity contribution in [3.05, 3.63) is 23.8 Å². The second-order valence-electron chi connectivity index (χ2n) is 3.32. The summed E-state index contributed by atoms with van der Waals surface area (Å²) >= 11 is 0. The van der Waals surface area contributed by atoms with Gasteiger partial charge in [-0.05, 0) is 24.7 Å². The minimum absolute atomic E-state index is 0.510. The number of ether oxygens (including phenoxy) is 2. The average Bonchev–Trinajstić information content (AvgIpc) is 2.30. The number of methoxy groups -OCH3 is 1. The van der Waals surface area contributed by atoms with E-state index in [2.05, 4.69) is 11.2 Å². The summed E-state index contributed by atoms with van der Waals surface area (Å²) in [7, 11) is 3.53. The van der Waals surface area contributed by atoms with Crippen LogP contribution in [0.3, 0.4) is 0 Å². The van der Waals surface area contributed by atoms with E-state index in [1.807, 2.05) is 25.2 Å². The Balaban J connectivity index is 2.76. The van der Waals surface area contributed by atoms with Crippen molar-refractivity contribution in [2.45, 2.75) is 13.0 Å². The Morgan fingerprint density at radius 3 is 2.81 bits per heavy atom. The van der Waals surface area contributed by atoms with Gasteiger partial charge in [0, 0.05) is 13.0 Å². The molecule has 0 saturated carbocycles. The van der Waals surface area contributed by atoms with Crippen molar-refractivity contribution in [3.63, 3.8) is 0 Å². The highest BCUT2D eigenvalue weighted by Crippen LogP contribution is 2.28. The Bertz CT molecular complexity index is 369. The molecule has 0 fully saturated rings. The standard InChI is InChI=1S/C13H17NO2/c1-4-5-8-16-13-9-11(10-14-2)6-7-12(13)15-3/h1,6-7,9,14H,5,8,10H2,2-3H3. The van der Waals surface area contributed by atoms with E-state index in [4.69, 9.17) is 15.9 Å². The fourth-order valence-electron chi connectivity index (χ4n) is 1.37. The Kier molecular flexibility index (Phi) is 5.24. The van der Waals surface area contributed by atoms with Gasteiger partial charge in [-0.25, -0.2) is 0 Å². The van der Waals surface area contributed by atoms with Gasteiger partial charge in [-0.1, -0.05) is 6.07 Å². The lowest BCUT2D eigenvalue weighted by Crippen LogP contribution is -2.06. The Morgan fingerprint density at radius 2 is 2.19 bits per heavy atom. The number of nitrogens with one attached hydrogen (secondary N) is 1. The van der Waals surface area contributed by atoms with Gasteiger partial charge in [0.05, 0.1) is 13.7 Å². The molecule has 1 N–H and O–H groups in total. The van der Waals surface area contributed by atoms with Crippen molar-refractivity contribution >= 4 is 0 Å². The van der Waals surface area contributed by atoms with Crippen LogP contribution in [-0.4, -0.2) is 20.8 Å². The molecule has 0 radical (unpaired) electrons. The molecule has 0 aliphatic carbocycles. The zero-order chi connectivity index (χ0) is 11.8. The molecule has 3 heteroatoms. The van der Waals surface area contributed by atoms with Gasteiger partial charge in [0.25, 0.3) is 0 Å². The van der Waals surface area contributed by atoms with E-state index in [-0.39, 0.29) is 0 Å². The molecule has 0 unspecified atom stereocenters.